The molecule has 1 aliphatic rings. The van der Waals surface area contributed by atoms with E-state index in [1.807, 2.05) is 66.7 Å². The molecule has 0 aromatic heterocycles. The van der Waals surface area contributed by atoms with Crippen molar-refractivity contribution in [3.8, 4) is 11.5 Å². The Balaban J connectivity index is 1.72. The molecular formula is C25H25IN2O3. The van der Waals surface area contributed by atoms with Gasteiger partial charge in [-0.25, -0.2) is 0 Å². The van der Waals surface area contributed by atoms with Gasteiger partial charge in [-0.15, -0.1) is 0 Å². The predicted octanol–water partition coefficient (Wildman–Crippen LogP) is 6.25. The number of rotatable bonds is 7. The first-order valence-electron chi connectivity index (χ1n) is 10.4. The van der Waals surface area contributed by atoms with Crippen LogP contribution in [0.4, 0.5) is 11.4 Å². The zero-order valence-corrected chi connectivity index (χ0v) is 19.8. The fourth-order valence-electron chi connectivity index (χ4n) is 3.62. The highest BCUT2D eigenvalue weighted by Crippen LogP contribution is 2.38. The first kappa shape index (κ1) is 21.5. The minimum Gasteiger partial charge on any atom is -0.497 e. The summed E-state index contributed by atoms with van der Waals surface area (Å²) in [6.07, 6.45) is 1.77. The molecule has 0 unspecified atom stereocenters. The normalized spacial score (nSPS) is 15.3. The largest absolute Gasteiger partial charge is 0.497 e. The van der Waals surface area contributed by atoms with E-state index in [0.717, 1.165) is 39.1 Å². The van der Waals surface area contributed by atoms with Crippen molar-refractivity contribution in [3.05, 3.63) is 81.4 Å². The van der Waals surface area contributed by atoms with E-state index in [1.54, 1.807) is 12.0 Å². The summed E-state index contributed by atoms with van der Waals surface area (Å²) in [7, 11) is 1.63. The monoisotopic (exact) mass is 528 g/mol. The van der Waals surface area contributed by atoms with E-state index in [4.69, 9.17) is 9.47 Å². The minimum absolute atomic E-state index is 0.0474. The number of halogens is 1. The van der Waals surface area contributed by atoms with Crippen molar-refractivity contribution in [2.45, 2.75) is 25.9 Å². The molecule has 0 saturated heterocycles. The Kier molecular flexibility index (Phi) is 6.65. The topological polar surface area (TPSA) is 50.8 Å². The molecule has 1 atom stereocenters. The van der Waals surface area contributed by atoms with Gasteiger partial charge >= 0.3 is 0 Å². The van der Waals surface area contributed by atoms with Gasteiger partial charge in [0.05, 0.1) is 25.0 Å². The summed E-state index contributed by atoms with van der Waals surface area (Å²) in [5.41, 5.74) is 3.24. The highest BCUT2D eigenvalue weighted by molar-refractivity contribution is 14.1. The summed E-state index contributed by atoms with van der Waals surface area (Å²) in [5.74, 6) is 1.49. The van der Waals surface area contributed by atoms with Crippen molar-refractivity contribution < 1.29 is 14.3 Å². The number of nitrogens with one attached hydrogen (secondary N) is 1. The van der Waals surface area contributed by atoms with Crippen LogP contribution in [0.2, 0.25) is 0 Å². The molecule has 0 aliphatic carbocycles. The Morgan fingerprint density at radius 2 is 1.84 bits per heavy atom. The number of fused-ring (bicyclic) bond motifs is 1. The van der Waals surface area contributed by atoms with Gasteiger partial charge in [-0.1, -0.05) is 31.5 Å². The van der Waals surface area contributed by atoms with Crippen LogP contribution in [0.5, 0.6) is 11.5 Å². The lowest BCUT2D eigenvalue weighted by molar-refractivity contribution is 0.0975. The molecule has 0 spiro atoms. The number of amides is 1. The number of ether oxygens (including phenoxy) is 2. The van der Waals surface area contributed by atoms with Gasteiger partial charge < -0.3 is 14.8 Å². The molecule has 1 amide bonds. The van der Waals surface area contributed by atoms with E-state index in [1.165, 1.54) is 0 Å². The van der Waals surface area contributed by atoms with Gasteiger partial charge in [0.1, 0.15) is 17.7 Å². The van der Waals surface area contributed by atoms with Crippen molar-refractivity contribution >= 4 is 39.9 Å². The Bertz CT molecular complexity index is 1070. The number of hydrogen-bond donors (Lipinski definition) is 1. The smallest absolute Gasteiger partial charge is 0.262 e. The highest BCUT2D eigenvalue weighted by Gasteiger charge is 2.34. The molecule has 0 fully saturated rings. The second-order valence-electron chi connectivity index (χ2n) is 7.38. The van der Waals surface area contributed by atoms with Crippen LogP contribution in [0, 0.1) is 3.57 Å². The molecule has 0 saturated carbocycles. The lowest BCUT2D eigenvalue weighted by atomic mass is 10.0. The van der Waals surface area contributed by atoms with E-state index in [9.17, 15) is 4.79 Å². The molecule has 3 aromatic carbocycles. The average Bonchev–Trinajstić information content (AvgIpc) is 2.80. The van der Waals surface area contributed by atoms with Crippen molar-refractivity contribution in [1.82, 2.24) is 0 Å². The predicted molar refractivity (Wildman–Crippen MR) is 132 cm³/mol. The molecule has 0 bridgehead atoms. The van der Waals surface area contributed by atoms with Crippen LogP contribution in [-0.4, -0.2) is 19.6 Å². The summed E-state index contributed by atoms with van der Waals surface area (Å²) in [6.45, 7) is 2.85. The third-order valence-corrected chi connectivity index (χ3v) is 5.95. The lowest BCUT2D eigenvalue weighted by Gasteiger charge is -2.38. The Morgan fingerprint density at radius 3 is 2.58 bits per heavy atom. The van der Waals surface area contributed by atoms with E-state index in [0.29, 0.717) is 17.9 Å². The van der Waals surface area contributed by atoms with Crippen molar-refractivity contribution in [1.29, 1.82) is 0 Å². The van der Waals surface area contributed by atoms with E-state index < -0.39 is 0 Å². The summed E-state index contributed by atoms with van der Waals surface area (Å²) in [6, 6.07) is 21.4. The van der Waals surface area contributed by atoms with Crippen molar-refractivity contribution in [3.63, 3.8) is 0 Å². The van der Waals surface area contributed by atoms with Crippen LogP contribution in [0.3, 0.4) is 0 Å². The van der Waals surface area contributed by atoms with Gasteiger partial charge in [-0.3, -0.25) is 9.69 Å². The second kappa shape index (κ2) is 9.60. The number of carbonyl (C=O) groups excluding carboxylic acids is 1. The SMILES string of the molecule is CCCCOc1ccc([C@@H]2Nc3ccc(I)cc3C(=O)N2c2cccc(OC)c2)cc1. The molecule has 0 radical (unpaired) electrons. The third-order valence-electron chi connectivity index (χ3n) is 5.28. The number of nitrogens with zero attached hydrogens (tertiary/aromatic N) is 1. The van der Waals surface area contributed by atoms with Gasteiger partial charge in [-0.2, -0.15) is 0 Å². The Hall–Kier alpha value is -2.74. The maximum atomic E-state index is 13.6. The minimum atomic E-state index is -0.350. The van der Waals surface area contributed by atoms with Gasteiger partial charge in [0, 0.05) is 15.3 Å². The summed E-state index contributed by atoms with van der Waals surface area (Å²) in [5, 5.41) is 3.55. The first-order valence-corrected chi connectivity index (χ1v) is 11.4. The summed E-state index contributed by atoms with van der Waals surface area (Å²) >= 11 is 2.23. The van der Waals surface area contributed by atoms with Gasteiger partial charge in [-0.05, 0) is 77.0 Å². The highest BCUT2D eigenvalue weighted by atomic mass is 127. The quantitative estimate of drug-likeness (QED) is 0.291. The number of benzene rings is 3. The second-order valence-corrected chi connectivity index (χ2v) is 8.63. The number of unbranched alkanes of at least 4 members (excludes halogenated alkanes) is 1. The zero-order valence-electron chi connectivity index (χ0n) is 17.6. The first-order chi connectivity index (χ1) is 15.1. The molecule has 1 heterocycles. The molecular weight excluding hydrogens is 503 g/mol. The molecule has 160 valence electrons. The molecule has 1 aliphatic heterocycles. The van der Waals surface area contributed by atoms with Crippen molar-refractivity contribution in [2.75, 3.05) is 23.9 Å². The van der Waals surface area contributed by atoms with Gasteiger partial charge in [0.2, 0.25) is 0 Å². The van der Waals surface area contributed by atoms with Crippen LogP contribution < -0.4 is 19.7 Å². The Morgan fingerprint density at radius 1 is 1.03 bits per heavy atom. The van der Waals surface area contributed by atoms with Crippen LogP contribution in [0.15, 0.2) is 66.7 Å². The van der Waals surface area contributed by atoms with Crippen molar-refractivity contribution in [2.24, 2.45) is 0 Å². The number of anilines is 2. The zero-order chi connectivity index (χ0) is 21.8. The van der Waals surface area contributed by atoms with E-state index >= 15 is 0 Å². The van der Waals surface area contributed by atoms with E-state index in [2.05, 4.69) is 34.8 Å². The van der Waals surface area contributed by atoms with Gasteiger partial charge in [0.15, 0.2) is 0 Å². The number of carbonyl (C=O) groups is 1. The molecule has 1 N–H and O–H groups in total. The van der Waals surface area contributed by atoms with E-state index in [-0.39, 0.29) is 12.1 Å². The molecule has 6 heteroatoms. The number of methoxy groups -OCH3 is 1. The average molecular weight is 528 g/mol. The molecule has 4 rings (SSSR count). The van der Waals surface area contributed by atoms with Gasteiger partial charge in [0.25, 0.3) is 5.91 Å². The fourth-order valence-corrected chi connectivity index (χ4v) is 4.11. The summed E-state index contributed by atoms with van der Waals surface area (Å²) < 4.78 is 12.2. The molecule has 5 nitrogen and oxygen atoms in total. The van der Waals surface area contributed by atoms with Crippen LogP contribution in [-0.2, 0) is 0 Å². The third kappa shape index (κ3) is 4.63. The van der Waals surface area contributed by atoms with Crippen LogP contribution in [0.1, 0.15) is 41.9 Å². The maximum absolute atomic E-state index is 13.6. The standard InChI is InChI=1S/C25H25IN2O3/c1-3-4-14-31-20-11-8-17(9-12-20)24-27-23-13-10-18(26)15-22(23)25(29)28(24)19-6-5-7-21(16-19)30-2/h5-13,15-16,24,27H,3-4,14H2,1-2H3/t24-/m1/s1. The summed E-state index contributed by atoms with van der Waals surface area (Å²) in [4.78, 5) is 15.4. The fraction of sp³-hybridized carbons (Fsp3) is 0.240. The Labute approximate surface area is 196 Å². The lowest BCUT2D eigenvalue weighted by Crippen LogP contribution is -2.43. The molecule has 3 aromatic rings. The molecule has 31 heavy (non-hydrogen) atoms. The number of hydrogen-bond acceptors (Lipinski definition) is 4. The van der Waals surface area contributed by atoms with Crippen LogP contribution >= 0.6 is 22.6 Å². The van der Waals surface area contributed by atoms with Crippen LogP contribution in [0.25, 0.3) is 0 Å². The maximum Gasteiger partial charge on any atom is 0.262 e.